The van der Waals surface area contributed by atoms with E-state index >= 15 is 0 Å². The second-order valence-electron chi connectivity index (χ2n) is 19.9. The molecule has 0 amide bonds. The minimum Gasteiger partial charge on any atom is -0.309 e. The summed E-state index contributed by atoms with van der Waals surface area (Å²) in [4.78, 5) is 15.7. The summed E-state index contributed by atoms with van der Waals surface area (Å²) in [7, 11) is 0. The lowest BCUT2D eigenvalue weighted by Crippen LogP contribution is -2.06. The van der Waals surface area contributed by atoms with E-state index in [2.05, 4.69) is 221 Å². The molecule has 0 unspecified atom stereocenters. The van der Waals surface area contributed by atoms with Gasteiger partial charge in [0.25, 0.3) is 0 Å². The van der Waals surface area contributed by atoms with Crippen LogP contribution in [0.15, 0.2) is 249 Å². The summed E-state index contributed by atoms with van der Waals surface area (Å²) in [5.74, 6) is 1.86. The fraction of sp³-hybridized carbons (Fsp3) is 0.0143. The number of nitrogens with zero attached hydrogens (tertiary/aromatic N) is 5. The van der Waals surface area contributed by atoms with Crippen LogP contribution >= 0.6 is 11.3 Å². The van der Waals surface area contributed by atoms with Crippen molar-refractivity contribution in [3.63, 3.8) is 0 Å². The first kappa shape index (κ1) is 42.7. The lowest BCUT2D eigenvalue weighted by Gasteiger charge is -2.13. The Morgan fingerprint density at radius 2 is 0.908 bits per heavy atom. The van der Waals surface area contributed by atoms with Crippen molar-refractivity contribution in [3.05, 3.63) is 260 Å². The molecule has 0 fully saturated rings. The molecule has 76 heavy (non-hydrogen) atoms. The van der Waals surface area contributed by atoms with Gasteiger partial charge in [0.2, 0.25) is 5.95 Å². The SMILES string of the molecule is c1ccc(-c2cccc(-n3c4ccccc4c4cc(-c5ccc6c(c5)-c5c(cccc5-c5ccc7c(c5)c5ccc8c9ccccc9sc8c5n7-c5nc(-c7ccccc7)nc(-c7ccccc7)n5)C6)ccc43)c2)cc1. The molecule has 354 valence electrons. The minimum absolute atomic E-state index is 0.590. The van der Waals surface area contributed by atoms with Crippen LogP contribution in [-0.2, 0) is 6.42 Å². The van der Waals surface area contributed by atoms with Gasteiger partial charge in [-0.1, -0.05) is 194 Å². The summed E-state index contributed by atoms with van der Waals surface area (Å²) in [6.45, 7) is 0. The van der Waals surface area contributed by atoms with Gasteiger partial charge >= 0.3 is 0 Å². The quantitative estimate of drug-likeness (QED) is 0.160. The molecule has 16 rings (SSSR count). The molecule has 0 spiro atoms. The third-order valence-electron chi connectivity index (χ3n) is 15.6. The van der Waals surface area contributed by atoms with Crippen LogP contribution in [0.1, 0.15) is 11.1 Å². The smallest absolute Gasteiger partial charge is 0.238 e. The molecule has 0 atom stereocenters. The molecule has 0 saturated carbocycles. The van der Waals surface area contributed by atoms with Gasteiger partial charge in [-0.2, -0.15) is 9.97 Å². The third-order valence-corrected chi connectivity index (χ3v) is 16.8. The maximum atomic E-state index is 5.32. The molecule has 1 aliphatic carbocycles. The van der Waals surface area contributed by atoms with Crippen LogP contribution in [0.5, 0.6) is 0 Å². The Balaban J connectivity index is 0.852. The Bertz CT molecular complexity index is 4780. The van der Waals surface area contributed by atoms with Crippen molar-refractivity contribution >= 4 is 75.1 Å². The Morgan fingerprint density at radius 1 is 0.329 bits per heavy atom. The molecule has 0 bridgehead atoms. The average molecular weight is 986 g/mol. The van der Waals surface area contributed by atoms with Crippen LogP contribution in [-0.4, -0.2) is 24.1 Å². The van der Waals surface area contributed by atoms with Crippen molar-refractivity contribution in [2.45, 2.75) is 6.42 Å². The molecular formula is C70H43N5S. The molecule has 0 radical (unpaired) electrons. The maximum Gasteiger partial charge on any atom is 0.238 e. The normalized spacial score (nSPS) is 12.2. The van der Waals surface area contributed by atoms with Gasteiger partial charge in [0.1, 0.15) is 0 Å². The van der Waals surface area contributed by atoms with Crippen molar-refractivity contribution in [1.29, 1.82) is 0 Å². The van der Waals surface area contributed by atoms with Crippen molar-refractivity contribution in [2.24, 2.45) is 0 Å². The Kier molecular flexibility index (Phi) is 9.50. The summed E-state index contributed by atoms with van der Waals surface area (Å²) in [5.41, 5.74) is 20.1. The van der Waals surface area contributed by atoms with E-state index in [1.54, 1.807) is 0 Å². The molecule has 4 aromatic heterocycles. The Labute approximate surface area is 441 Å². The zero-order chi connectivity index (χ0) is 49.8. The van der Waals surface area contributed by atoms with Gasteiger partial charge in [-0.3, -0.25) is 4.57 Å². The molecule has 6 heteroatoms. The number of para-hydroxylation sites is 1. The van der Waals surface area contributed by atoms with E-state index in [9.17, 15) is 0 Å². The average Bonchev–Trinajstić information content (AvgIpc) is 4.35. The lowest BCUT2D eigenvalue weighted by atomic mass is 9.92. The van der Waals surface area contributed by atoms with E-state index < -0.39 is 0 Å². The molecule has 0 saturated heterocycles. The number of thiophene rings is 1. The van der Waals surface area contributed by atoms with E-state index in [1.165, 1.54) is 97.6 Å². The largest absolute Gasteiger partial charge is 0.309 e. The van der Waals surface area contributed by atoms with Crippen LogP contribution in [0, 0.1) is 0 Å². The van der Waals surface area contributed by atoms with Gasteiger partial charge < -0.3 is 4.57 Å². The van der Waals surface area contributed by atoms with E-state index in [-0.39, 0.29) is 0 Å². The van der Waals surface area contributed by atoms with Gasteiger partial charge in [-0.15, -0.1) is 11.3 Å². The lowest BCUT2D eigenvalue weighted by molar-refractivity contribution is 0.955. The molecule has 0 aliphatic heterocycles. The number of benzene rings is 11. The molecule has 1 aliphatic rings. The molecule has 11 aromatic carbocycles. The summed E-state index contributed by atoms with van der Waals surface area (Å²) < 4.78 is 7.17. The van der Waals surface area contributed by atoms with E-state index in [1.807, 2.05) is 47.7 Å². The van der Waals surface area contributed by atoms with Crippen LogP contribution in [0.25, 0.3) is 143 Å². The summed E-state index contributed by atoms with van der Waals surface area (Å²) in [6, 6.07) is 90.1. The summed E-state index contributed by atoms with van der Waals surface area (Å²) in [5, 5.41) is 7.27. The predicted molar refractivity (Wildman–Crippen MR) is 317 cm³/mol. The fourth-order valence-corrected chi connectivity index (χ4v) is 13.3. The van der Waals surface area contributed by atoms with Crippen molar-refractivity contribution < 1.29 is 0 Å². The highest BCUT2D eigenvalue weighted by Crippen LogP contribution is 2.48. The zero-order valence-corrected chi connectivity index (χ0v) is 41.8. The van der Waals surface area contributed by atoms with E-state index in [0.29, 0.717) is 17.6 Å². The highest BCUT2D eigenvalue weighted by Gasteiger charge is 2.26. The minimum atomic E-state index is 0.590. The van der Waals surface area contributed by atoms with Gasteiger partial charge in [0.15, 0.2) is 11.6 Å². The highest BCUT2D eigenvalue weighted by molar-refractivity contribution is 7.26. The van der Waals surface area contributed by atoms with E-state index in [0.717, 1.165) is 45.0 Å². The monoisotopic (exact) mass is 985 g/mol. The van der Waals surface area contributed by atoms with Gasteiger partial charge in [0, 0.05) is 53.8 Å². The highest BCUT2D eigenvalue weighted by atomic mass is 32.1. The fourth-order valence-electron chi connectivity index (χ4n) is 12.1. The van der Waals surface area contributed by atoms with Crippen molar-refractivity contribution in [2.75, 3.05) is 0 Å². The van der Waals surface area contributed by atoms with E-state index in [4.69, 9.17) is 15.0 Å². The van der Waals surface area contributed by atoms with Gasteiger partial charge in [0.05, 0.1) is 26.8 Å². The second kappa shape index (κ2) is 16.9. The first-order chi connectivity index (χ1) is 37.7. The summed E-state index contributed by atoms with van der Waals surface area (Å²) in [6.07, 6.45) is 0.895. The number of rotatable bonds is 7. The predicted octanol–water partition coefficient (Wildman–Crippen LogP) is 18.3. The standard InChI is InChI=1S/C70H43N5S/c1-4-16-43(17-5-1)46-22-14-24-52(39-46)74-61-28-12-10-25-54(61)59-41-48(32-36-62(59)74)47-30-31-49-38-51-23-15-27-53(65(51)58(49)40-47)50-33-37-63-60(42-50)56-34-35-57-55-26-11-13-29-64(55)76-67(57)66(56)75(63)70-72-68(44-18-6-2-7-19-44)71-69(73-70)45-20-8-3-9-21-45/h1-37,39-42H,38H2. The zero-order valence-electron chi connectivity index (χ0n) is 41.0. The van der Waals surface area contributed by atoms with Crippen LogP contribution < -0.4 is 0 Å². The molecular weight excluding hydrogens is 943 g/mol. The molecule has 15 aromatic rings. The molecule has 4 heterocycles. The number of aromatic nitrogens is 5. The van der Waals surface area contributed by atoms with Crippen molar-refractivity contribution in [1.82, 2.24) is 24.1 Å². The number of hydrogen-bond acceptors (Lipinski definition) is 4. The van der Waals surface area contributed by atoms with Gasteiger partial charge in [-0.05, 0) is 117 Å². The van der Waals surface area contributed by atoms with Crippen LogP contribution in [0.3, 0.4) is 0 Å². The molecule has 0 N–H and O–H groups in total. The number of fused-ring (bicyclic) bond motifs is 13. The first-order valence-electron chi connectivity index (χ1n) is 25.9. The topological polar surface area (TPSA) is 48.5 Å². The second-order valence-corrected chi connectivity index (χ2v) is 21.0. The maximum absolute atomic E-state index is 5.32. The van der Waals surface area contributed by atoms with Crippen LogP contribution in [0.4, 0.5) is 0 Å². The number of hydrogen-bond donors (Lipinski definition) is 0. The summed E-state index contributed by atoms with van der Waals surface area (Å²) >= 11 is 1.83. The van der Waals surface area contributed by atoms with Crippen molar-refractivity contribution in [3.8, 4) is 78.9 Å². The van der Waals surface area contributed by atoms with Gasteiger partial charge in [-0.25, -0.2) is 4.98 Å². The molecule has 5 nitrogen and oxygen atoms in total. The van der Waals surface area contributed by atoms with Crippen LogP contribution in [0.2, 0.25) is 0 Å². The third kappa shape index (κ3) is 6.67. The first-order valence-corrected chi connectivity index (χ1v) is 26.7. The Morgan fingerprint density at radius 3 is 1.70 bits per heavy atom. The Hall–Kier alpha value is -9.75.